The molecule has 0 aliphatic carbocycles. The van der Waals surface area contributed by atoms with Gasteiger partial charge >= 0.3 is 5.97 Å². The summed E-state index contributed by atoms with van der Waals surface area (Å²) in [6, 6.07) is 0. The number of carbonyl (C=O) groups excluding carboxylic acids is 2. The van der Waals surface area contributed by atoms with E-state index in [-0.39, 0.29) is 12.4 Å². The number of carbonyl (C=O) groups is 2. The summed E-state index contributed by atoms with van der Waals surface area (Å²) >= 11 is 0. The minimum Gasteiger partial charge on any atom is -0.466 e. The molecule has 0 spiro atoms. The van der Waals surface area contributed by atoms with E-state index in [1.54, 1.807) is 20.8 Å². The van der Waals surface area contributed by atoms with Crippen molar-refractivity contribution >= 4 is 12.3 Å². The third kappa shape index (κ3) is 3.16. The van der Waals surface area contributed by atoms with Gasteiger partial charge in [-0.1, -0.05) is 0 Å². The molecule has 0 amide bonds. The van der Waals surface area contributed by atoms with Crippen molar-refractivity contribution in [3.05, 3.63) is 0 Å². The van der Waals surface area contributed by atoms with Gasteiger partial charge in [-0.25, -0.2) is 0 Å². The fourth-order valence-electron chi connectivity index (χ4n) is 0.618. The lowest BCUT2D eigenvalue weighted by molar-refractivity contribution is -0.154. The zero-order valence-electron chi connectivity index (χ0n) is 7.22. The fraction of sp³-hybridized carbons (Fsp3) is 0.750. The predicted molar refractivity (Wildman–Crippen MR) is 41.1 cm³/mol. The van der Waals surface area contributed by atoms with Crippen LogP contribution in [0, 0.1) is 5.41 Å². The summed E-state index contributed by atoms with van der Waals surface area (Å²) in [5.74, 6) is -0.313. The minimum atomic E-state index is -0.669. The van der Waals surface area contributed by atoms with Gasteiger partial charge in [0.1, 0.15) is 6.29 Å². The zero-order chi connectivity index (χ0) is 8.91. The highest BCUT2D eigenvalue weighted by atomic mass is 16.5. The maximum Gasteiger partial charge on any atom is 0.311 e. The second kappa shape index (κ2) is 4.11. The van der Waals surface area contributed by atoms with Crippen LogP contribution in [0.15, 0.2) is 0 Å². The lowest BCUT2D eigenvalue weighted by atomic mass is 9.90. The SMILES string of the molecule is CCOC(=O)C(C)(C)CC=O. The Balaban J connectivity index is 4.05. The first kappa shape index (κ1) is 10.1. The van der Waals surface area contributed by atoms with Crippen LogP contribution in [0.5, 0.6) is 0 Å². The average molecular weight is 158 g/mol. The largest absolute Gasteiger partial charge is 0.466 e. The summed E-state index contributed by atoms with van der Waals surface area (Å²) < 4.78 is 4.76. The van der Waals surface area contributed by atoms with Crippen molar-refractivity contribution < 1.29 is 14.3 Å². The second-order valence-electron chi connectivity index (χ2n) is 2.98. The Hall–Kier alpha value is -0.860. The Morgan fingerprint density at radius 1 is 1.55 bits per heavy atom. The first-order valence-electron chi connectivity index (χ1n) is 3.65. The first-order chi connectivity index (χ1) is 5.04. The van der Waals surface area contributed by atoms with Gasteiger partial charge in [0, 0.05) is 6.42 Å². The fourth-order valence-corrected chi connectivity index (χ4v) is 0.618. The summed E-state index contributed by atoms with van der Waals surface area (Å²) in [5, 5.41) is 0. The third-order valence-electron chi connectivity index (χ3n) is 1.42. The summed E-state index contributed by atoms with van der Waals surface area (Å²) in [5.41, 5.74) is -0.669. The Labute approximate surface area is 66.7 Å². The molecule has 0 fully saturated rings. The zero-order valence-corrected chi connectivity index (χ0v) is 7.22. The molecule has 0 rings (SSSR count). The molecule has 0 saturated carbocycles. The molecule has 0 aromatic rings. The van der Waals surface area contributed by atoms with Crippen LogP contribution in [0.4, 0.5) is 0 Å². The van der Waals surface area contributed by atoms with Gasteiger partial charge in [0.2, 0.25) is 0 Å². The van der Waals surface area contributed by atoms with E-state index in [0.29, 0.717) is 6.61 Å². The van der Waals surface area contributed by atoms with E-state index in [9.17, 15) is 9.59 Å². The molecule has 0 heterocycles. The third-order valence-corrected chi connectivity index (χ3v) is 1.42. The molecule has 64 valence electrons. The Morgan fingerprint density at radius 3 is 2.45 bits per heavy atom. The van der Waals surface area contributed by atoms with Gasteiger partial charge in [-0.3, -0.25) is 4.79 Å². The maximum atomic E-state index is 11.1. The molecule has 0 aromatic heterocycles. The molecule has 0 N–H and O–H groups in total. The van der Waals surface area contributed by atoms with Crippen LogP contribution >= 0.6 is 0 Å². The lowest BCUT2D eigenvalue weighted by Gasteiger charge is -2.18. The Kier molecular flexibility index (Phi) is 3.79. The van der Waals surface area contributed by atoms with E-state index in [0.717, 1.165) is 6.29 Å². The molecule has 3 heteroatoms. The second-order valence-corrected chi connectivity index (χ2v) is 2.98. The molecule has 0 aliphatic heterocycles. The minimum absolute atomic E-state index is 0.214. The van der Waals surface area contributed by atoms with E-state index in [4.69, 9.17) is 4.74 Å². The van der Waals surface area contributed by atoms with E-state index >= 15 is 0 Å². The van der Waals surface area contributed by atoms with Crippen molar-refractivity contribution in [1.82, 2.24) is 0 Å². The van der Waals surface area contributed by atoms with Gasteiger partial charge < -0.3 is 9.53 Å². The number of hydrogen-bond donors (Lipinski definition) is 0. The van der Waals surface area contributed by atoms with E-state index < -0.39 is 5.41 Å². The predicted octanol–water partition coefficient (Wildman–Crippen LogP) is 1.16. The molecule has 0 atom stereocenters. The molecule has 0 bridgehead atoms. The molecule has 11 heavy (non-hydrogen) atoms. The van der Waals surface area contributed by atoms with Crippen LogP contribution in [-0.2, 0) is 14.3 Å². The van der Waals surface area contributed by atoms with Crippen LogP contribution in [0.3, 0.4) is 0 Å². The summed E-state index contributed by atoms with van der Waals surface area (Å²) in [4.78, 5) is 21.2. The van der Waals surface area contributed by atoms with Gasteiger partial charge in [-0.05, 0) is 20.8 Å². The van der Waals surface area contributed by atoms with E-state index in [1.165, 1.54) is 0 Å². The van der Waals surface area contributed by atoms with Crippen molar-refractivity contribution in [3.8, 4) is 0 Å². The molecule has 0 saturated heterocycles. The van der Waals surface area contributed by atoms with Crippen LogP contribution in [0.2, 0.25) is 0 Å². The van der Waals surface area contributed by atoms with Crippen molar-refractivity contribution in [2.75, 3.05) is 6.61 Å². The average Bonchev–Trinajstić information content (AvgIpc) is 1.88. The molecular weight excluding hydrogens is 144 g/mol. The van der Waals surface area contributed by atoms with Crippen molar-refractivity contribution in [2.24, 2.45) is 5.41 Å². The summed E-state index contributed by atoms with van der Waals surface area (Å²) in [6.07, 6.45) is 0.947. The van der Waals surface area contributed by atoms with E-state index in [1.807, 2.05) is 0 Å². The quantitative estimate of drug-likeness (QED) is 0.455. The molecule has 0 aliphatic rings. The highest BCUT2D eigenvalue weighted by molar-refractivity contribution is 5.78. The number of rotatable bonds is 4. The van der Waals surface area contributed by atoms with Gasteiger partial charge in [-0.15, -0.1) is 0 Å². The topological polar surface area (TPSA) is 43.4 Å². The normalized spacial score (nSPS) is 10.8. The van der Waals surface area contributed by atoms with Crippen LogP contribution < -0.4 is 0 Å². The Morgan fingerprint density at radius 2 is 2.09 bits per heavy atom. The molecule has 0 unspecified atom stereocenters. The van der Waals surface area contributed by atoms with E-state index in [2.05, 4.69) is 0 Å². The molecule has 0 radical (unpaired) electrons. The monoisotopic (exact) mass is 158 g/mol. The lowest BCUT2D eigenvalue weighted by Crippen LogP contribution is -2.26. The van der Waals surface area contributed by atoms with Crippen LogP contribution in [0.25, 0.3) is 0 Å². The number of esters is 1. The van der Waals surface area contributed by atoms with Crippen LogP contribution in [-0.4, -0.2) is 18.9 Å². The standard InChI is InChI=1S/C8H14O3/c1-4-11-7(10)8(2,3)5-6-9/h6H,4-5H2,1-3H3. The molecule has 3 nitrogen and oxygen atoms in total. The number of hydrogen-bond acceptors (Lipinski definition) is 3. The Bertz CT molecular complexity index is 149. The highest BCUT2D eigenvalue weighted by Crippen LogP contribution is 2.20. The number of ether oxygens (including phenoxy) is 1. The molecule has 0 aromatic carbocycles. The van der Waals surface area contributed by atoms with Gasteiger partial charge in [0.15, 0.2) is 0 Å². The molecular formula is C8H14O3. The van der Waals surface area contributed by atoms with Crippen molar-refractivity contribution in [3.63, 3.8) is 0 Å². The maximum absolute atomic E-state index is 11.1. The van der Waals surface area contributed by atoms with Gasteiger partial charge in [0.05, 0.1) is 12.0 Å². The first-order valence-corrected chi connectivity index (χ1v) is 3.65. The van der Waals surface area contributed by atoms with Gasteiger partial charge in [0.25, 0.3) is 0 Å². The van der Waals surface area contributed by atoms with Crippen molar-refractivity contribution in [2.45, 2.75) is 27.2 Å². The highest BCUT2D eigenvalue weighted by Gasteiger charge is 2.28. The summed E-state index contributed by atoms with van der Waals surface area (Å²) in [7, 11) is 0. The summed E-state index contributed by atoms with van der Waals surface area (Å²) in [6.45, 7) is 5.49. The van der Waals surface area contributed by atoms with Crippen LogP contribution in [0.1, 0.15) is 27.2 Å². The van der Waals surface area contributed by atoms with Gasteiger partial charge in [-0.2, -0.15) is 0 Å². The van der Waals surface area contributed by atoms with Crippen molar-refractivity contribution in [1.29, 1.82) is 0 Å². The number of aldehydes is 1. The smallest absolute Gasteiger partial charge is 0.311 e.